The van der Waals surface area contributed by atoms with Crippen molar-refractivity contribution in [3.05, 3.63) is 52.4 Å². The molecule has 0 saturated heterocycles. The molecule has 0 radical (unpaired) electrons. The van der Waals surface area contributed by atoms with Gasteiger partial charge in [-0.05, 0) is 39.7 Å². The van der Waals surface area contributed by atoms with E-state index >= 15 is 0 Å². The fraction of sp³-hybridized carbons (Fsp3) is 0.0667. The van der Waals surface area contributed by atoms with Gasteiger partial charge in [-0.15, -0.1) is 0 Å². The highest BCUT2D eigenvalue weighted by Crippen LogP contribution is 2.29. The molecule has 0 fully saturated rings. The third-order valence-corrected chi connectivity index (χ3v) is 3.85. The van der Waals surface area contributed by atoms with Crippen molar-refractivity contribution in [3.63, 3.8) is 0 Å². The molecule has 0 atom stereocenters. The molecule has 6 heteroatoms. The summed E-state index contributed by atoms with van der Waals surface area (Å²) in [4.78, 5) is 15.7. The summed E-state index contributed by atoms with van der Waals surface area (Å²) < 4.78 is 2.69. The molecule has 4 nitrogen and oxygen atoms in total. The number of aromatic nitrogens is 2. The van der Waals surface area contributed by atoms with Crippen molar-refractivity contribution in [2.75, 3.05) is 5.32 Å². The molecule has 0 aliphatic rings. The highest BCUT2D eigenvalue weighted by atomic mass is 79.9. The molecule has 106 valence electrons. The summed E-state index contributed by atoms with van der Waals surface area (Å²) in [7, 11) is 0. The van der Waals surface area contributed by atoms with Gasteiger partial charge in [0.05, 0.1) is 11.9 Å². The molecule has 0 aliphatic carbocycles. The van der Waals surface area contributed by atoms with Crippen LogP contribution >= 0.6 is 27.5 Å². The Morgan fingerprint density at radius 3 is 2.86 bits per heavy atom. The van der Waals surface area contributed by atoms with Crippen LogP contribution in [0, 0.1) is 0 Å². The number of hydrogen-bond donors (Lipinski definition) is 1. The van der Waals surface area contributed by atoms with Gasteiger partial charge in [-0.3, -0.25) is 9.20 Å². The monoisotopic (exact) mass is 363 g/mol. The Hall–Kier alpha value is -1.85. The standard InChI is InChI=1S/C15H11BrClN3O/c1-9(21)19-13-6-11(10-3-2-4-12(17)5-10)8-20-14(16)7-18-15(13)20/h2-8H,1H3,(H,19,21). The molecule has 0 aliphatic heterocycles. The summed E-state index contributed by atoms with van der Waals surface area (Å²) in [5.41, 5.74) is 3.25. The lowest BCUT2D eigenvalue weighted by Gasteiger charge is -2.09. The first-order chi connectivity index (χ1) is 10.0. The Morgan fingerprint density at radius 1 is 1.33 bits per heavy atom. The number of nitrogens with one attached hydrogen (secondary N) is 1. The lowest BCUT2D eigenvalue weighted by molar-refractivity contribution is -0.114. The Kier molecular flexibility index (Phi) is 3.69. The first-order valence-electron chi connectivity index (χ1n) is 6.25. The molecule has 2 aromatic heterocycles. The topological polar surface area (TPSA) is 46.4 Å². The van der Waals surface area contributed by atoms with Crippen molar-refractivity contribution in [1.29, 1.82) is 0 Å². The van der Waals surface area contributed by atoms with Gasteiger partial charge in [-0.1, -0.05) is 23.7 Å². The Morgan fingerprint density at radius 2 is 2.14 bits per heavy atom. The molecule has 1 aromatic carbocycles. The maximum absolute atomic E-state index is 11.4. The summed E-state index contributed by atoms with van der Waals surface area (Å²) in [6.45, 7) is 1.47. The van der Waals surface area contributed by atoms with Crippen LogP contribution in [0.2, 0.25) is 5.02 Å². The van der Waals surface area contributed by atoms with Crippen LogP contribution in [0.1, 0.15) is 6.92 Å². The predicted octanol–water partition coefficient (Wildman–Crippen LogP) is 4.38. The van der Waals surface area contributed by atoms with Crippen molar-refractivity contribution in [2.45, 2.75) is 6.92 Å². The molecule has 1 amide bonds. The third-order valence-electron chi connectivity index (χ3n) is 3.03. The maximum atomic E-state index is 11.4. The van der Waals surface area contributed by atoms with E-state index in [1.54, 1.807) is 6.20 Å². The summed E-state index contributed by atoms with van der Waals surface area (Å²) in [6.07, 6.45) is 3.64. The van der Waals surface area contributed by atoms with Crippen molar-refractivity contribution < 1.29 is 4.79 Å². The van der Waals surface area contributed by atoms with Gasteiger partial charge >= 0.3 is 0 Å². The number of carbonyl (C=O) groups excluding carboxylic acids is 1. The van der Waals surface area contributed by atoms with Gasteiger partial charge in [-0.25, -0.2) is 4.98 Å². The van der Waals surface area contributed by atoms with Crippen LogP contribution in [0.5, 0.6) is 0 Å². The second-order valence-corrected chi connectivity index (χ2v) is 5.86. The second kappa shape index (κ2) is 5.50. The molecule has 1 N–H and O–H groups in total. The predicted molar refractivity (Wildman–Crippen MR) is 87.6 cm³/mol. The van der Waals surface area contributed by atoms with Gasteiger partial charge in [0.1, 0.15) is 4.60 Å². The molecule has 0 spiro atoms. The van der Waals surface area contributed by atoms with E-state index in [0.717, 1.165) is 15.7 Å². The zero-order chi connectivity index (χ0) is 15.0. The first-order valence-corrected chi connectivity index (χ1v) is 7.42. The quantitative estimate of drug-likeness (QED) is 0.733. The van der Waals surface area contributed by atoms with Crippen molar-refractivity contribution >= 4 is 44.8 Å². The normalized spacial score (nSPS) is 10.8. The van der Waals surface area contributed by atoms with Crippen LogP contribution in [-0.4, -0.2) is 15.3 Å². The van der Waals surface area contributed by atoms with Crippen LogP contribution in [0.3, 0.4) is 0 Å². The van der Waals surface area contributed by atoms with E-state index in [-0.39, 0.29) is 5.91 Å². The van der Waals surface area contributed by atoms with Crippen LogP contribution in [0.15, 0.2) is 47.3 Å². The van der Waals surface area contributed by atoms with Gasteiger partial charge in [0.25, 0.3) is 0 Å². The minimum atomic E-state index is -0.140. The van der Waals surface area contributed by atoms with E-state index in [1.165, 1.54) is 6.92 Å². The minimum absolute atomic E-state index is 0.140. The van der Waals surface area contributed by atoms with E-state index in [4.69, 9.17) is 11.6 Å². The molecule has 3 rings (SSSR count). The van der Waals surface area contributed by atoms with E-state index < -0.39 is 0 Å². The maximum Gasteiger partial charge on any atom is 0.221 e. The van der Waals surface area contributed by atoms with Crippen LogP contribution in [-0.2, 0) is 4.79 Å². The zero-order valence-corrected chi connectivity index (χ0v) is 13.4. The van der Waals surface area contributed by atoms with Gasteiger partial charge < -0.3 is 5.32 Å². The van der Waals surface area contributed by atoms with E-state index in [2.05, 4.69) is 26.2 Å². The van der Waals surface area contributed by atoms with Crippen molar-refractivity contribution in [2.24, 2.45) is 0 Å². The highest BCUT2D eigenvalue weighted by Gasteiger charge is 2.11. The Labute approximate surface area is 134 Å². The number of hydrogen-bond acceptors (Lipinski definition) is 2. The van der Waals surface area contributed by atoms with Crippen molar-refractivity contribution in [3.8, 4) is 11.1 Å². The molecular formula is C15H11BrClN3O. The molecule has 0 bridgehead atoms. The van der Waals surface area contributed by atoms with Crippen LogP contribution < -0.4 is 5.32 Å². The smallest absolute Gasteiger partial charge is 0.221 e. The highest BCUT2D eigenvalue weighted by molar-refractivity contribution is 9.10. The molecule has 0 unspecified atom stereocenters. The van der Waals surface area contributed by atoms with Gasteiger partial charge in [0.2, 0.25) is 5.91 Å². The SMILES string of the molecule is CC(=O)Nc1cc(-c2cccc(Cl)c2)cn2c(Br)cnc12. The van der Waals surface area contributed by atoms with E-state index in [9.17, 15) is 4.79 Å². The number of nitrogens with zero attached hydrogens (tertiary/aromatic N) is 2. The number of anilines is 1. The Bertz CT molecular complexity index is 844. The molecule has 3 aromatic rings. The van der Waals surface area contributed by atoms with Gasteiger partial charge in [-0.2, -0.15) is 0 Å². The van der Waals surface area contributed by atoms with E-state index in [1.807, 2.05) is 40.9 Å². The Balaban J connectivity index is 2.23. The summed E-state index contributed by atoms with van der Waals surface area (Å²) in [6, 6.07) is 9.46. The number of carbonyl (C=O) groups is 1. The van der Waals surface area contributed by atoms with Crippen LogP contribution in [0.4, 0.5) is 5.69 Å². The molecule has 21 heavy (non-hydrogen) atoms. The minimum Gasteiger partial charge on any atom is -0.323 e. The average Bonchev–Trinajstić information content (AvgIpc) is 2.80. The molecule has 0 saturated carbocycles. The summed E-state index contributed by atoms with van der Waals surface area (Å²) in [5.74, 6) is -0.140. The summed E-state index contributed by atoms with van der Waals surface area (Å²) in [5, 5.41) is 3.47. The largest absolute Gasteiger partial charge is 0.323 e. The molecular weight excluding hydrogens is 354 g/mol. The molecule has 2 heterocycles. The second-order valence-electron chi connectivity index (χ2n) is 4.61. The summed E-state index contributed by atoms with van der Waals surface area (Å²) >= 11 is 9.50. The lowest BCUT2D eigenvalue weighted by Crippen LogP contribution is -2.07. The number of fused-ring (bicyclic) bond motifs is 1. The first kappa shape index (κ1) is 14.1. The fourth-order valence-corrected chi connectivity index (χ4v) is 2.73. The number of amides is 1. The lowest BCUT2D eigenvalue weighted by atomic mass is 10.1. The fourth-order valence-electron chi connectivity index (χ4n) is 2.17. The van der Waals surface area contributed by atoms with Gasteiger partial charge in [0.15, 0.2) is 5.65 Å². The number of imidazole rings is 1. The number of pyridine rings is 1. The number of benzene rings is 1. The average molecular weight is 365 g/mol. The van der Waals surface area contributed by atoms with E-state index in [0.29, 0.717) is 16.4 Å². The third kappa shape index (κ3) is 2.80. The van der Waals surface area contributed by atoms with Crippen LogP contribution in [0.25, 0.3) is 16.8 Å². The van der Waals surface area contributed by atoms with Crippen molar-refractivity contribution in [1.82, 2.24) is 9.38 Å². The van der Waals surface area contributed by atoms with Gasteiger partial charge in [0, 0.05) is 23.7 Å². The number of rotatable bonds is 2. The zero-order valence-electron chi connectivity index (χ0n) is 11.1. The number of halogens is 2.